The van der Waals surface area contributed by atoms with Gasteiger partial charge < -0.3 is 10.6 Å². The topological polar surface area (TPSA) is 59.0 Å². The minimum absolute atomic E-state index is 0.125. The monoisotopic (exact) mass is 250 g/mol. The smallest absolute Gasteiger partial charge is 0.224 e. The standard InChI is InChI=1S/C13H22N4O/c1-3-12-11(9-17(2)16-12)8-15-13(18)10-5-4-6-14-7-10/h9-10,14H,3-8H2,1-2H3,(H,15,18)/t10-/m1/s1. The largest absolute Gasteiger partial charge is 0.352 e. The highest BCUT2D eigenvalue weighted by Gasteiger charge is 2.20. The first-order chi connectivity index (χ1) is 8.70. The second-order valence-electron chi connectivity index (χ2n) is 4.89. The van der Waals surface area contributed by atoms with Crippen molar-refractivity contribution in [3.05, 3.63) is 17.5 Å². The van der Waals surface area contributed by atoms with Crippen LogP contribution in [0.25, 0.3) is 0 Å². The van der Waals surface area contributed by atoms with Crippen LogP contribution in [0.5, 0.6) is 0 Å². The van der Waals surface area contributed by atoms with Crippen LogP contribution in [0.1, 0.15) is 31.0 Å². The van der Waals surface area contributed by atoms with E-state index in [1.54, 1.807) is 0 Å². The third-order valence-corrected chi connectivity index (χ3v) is 3.45. The molecule has 0 aromatic carbocycles. The number of aryl methyl sites for hydroxylation is 2. The minimum atomic E-state index is 0.125. The van der Waals surface area contributed by atoms with Gasteiger partial charge in [0.1, 0.15) is 0 Å². The molecule has 0 saturated carbocycles. The Morgan fingerprint density at radius 1 is 1.67 bits per heavy atom. The number of piperidine rings is 1. The van der Waals surface area contributed by atoms with Crippen LogP contribution in [0.15, 0.2) is 6.20 Å². The average molecular weight is 250 g/mol. The maximum absolute atomic E-state index is 12.0. The lowest BCUT2D eigenvalue weighted by molar-refractivity contribution is -0.125. The quantitative estimate of drug-likeness (QED) is 0.822. The Kier molecular flexibility index (Phi) is 4.36. The Bertz CT molecular complexity index is 407. The number of hydrogen-bond donors (Lipinski definition) is 2. The molecule has 0 aliphatic carbocycles. The summed E-state index contributed by atoms with van der Waals surface area (Å²) in [5.41, 5.74) is 2.19. The van der Waals surface area contributed by atoms with Gasteiger partial charge in [0.05, 0.1) is 11.6 Å². The molecule has 2 rings (SSSR count). The van der Waals surface area contributed by atoms with Gasteiger partial charge in [0.2, 0.25) is 5.91 Å². The van der Waals surface area contributed by atoms with Crippen LogP contribution in [-0.2, 0) is 24.8 Å². The molecule has 1 aromatic rings. The van der Waals surface area contributed by atoms with E-state index in [4.69, 9.17) is 0 Å². The van der Waals surface area contributed by atoms with Crippen LogP contribution in [0, 0.1) is 5.92 Å². The fourth-order valence-corrected chi connectivity index (χ4v) is 2.43. The number of rotatable bonds is 4. The zero-order chi connectivity index (χ0) is 13.0. The van der Waals surface area contributed by atoms with Crippen molar-refractivity contribution in [2.45, 2.75) is 32.7 Å². The van der Waals surface area contributed by atoms with E-state index in [9.17, 15) is 4.79 Å². The summed E-state index contributed by atoms with van der Waals surface area (Å²) in [5, 5.41) is 10.7. The van der Waals surface area contributed by atoms with Crippen LogP contribution < -0.4 is 10.6 Å². The lowest BCUT2D eigenvalue weighted by Crippen LogP contribution is -2.40. The van der Waals surface area contributed by atoms with E-state index in [2.05, 4.69) is 22.7 Å². The fourth-order valence-electron chi connectivity index (χ4n) is 2.43. The molecule has 18 heavy (non-hydrogen) atoms. The number of nitrogens with zero attached hydrogens (tertiary/aromatic N) is 2. The van der Waals surface area contributed by atoms with E-state index in [1.165, 1.54) is 0 Å². The molecule has 1 aliphatic rings. The lowest BCUT2D eigenvalue weighted by Gasteiger charge is -2.21. The molecule has 1 saturated heterocycles. The molecular weight excluding hydrogens is 228 g/mol. The number of carbonyl (C=O) groups is 1. The van der Waals surface area contributed by atoms with Gasteiger partial charge in [0.15, 0.2) is 0 Å². The van der Waals surface area contributed by atoms with E-state index in [0.717, 1.165) is 43.6 Å². The molecule has 1 aromatic heterocycles. The van der Waals surface area contributed by atoms with Crippen molar-refractivity contribution in [2.75, 3.05) is 13.1 Å². The van der Waals surface area contributed by atoms with Crippen molar-refractivity contribution in [3.8, 4) is 0 Å². The molecule has 1 fully saturated rings. The summed E-state index contributed by atoms with van der Waals surface area (Å²) in [7, 11) is 1.91. The predicted molar refractivity (Wildman–Crippen MR) is 70.0 cm³/mol. The maximum atomic E-state index is 12.0. The molecule has 2 heterocycles. The Labute approximate surface area is 108 Å². The highest BCUT2D eigenvalue weighted by atomic mass is 16.1. The van der Waals surface area contributed by atoms with Crippen LogP contribution in [0.2, 0.25) is 0 Å². The maximum Gasteiger partial charge on any atom is 0.224 e. The summed E-state index contributed by atoms with van der Waals surface area (Å²) < 4.78 is 1.81. The molecule has 5 nitrogen and oxygen atoms in total. The summed E-state index contributed by atoms with van der Waals surface area (Å²) in [4.78, 5) is 12.0. The van der Waals surface area contributed by atoms with E-state index in [-0.39, 0.29) is 11.8 Å². The van der Waals surface area contributed by atoms with Crippen LogP contribution in [0.3, 0.4) is 0 Å². The molecule has 0 radical (unpaired) electrons. The van der Waals surface area contributed by atoms with E-state index < -0.39 is 0 Å². The lowest BCUT2D eigenvalue weighted by atomic mass is 9.99. The van der Waals surface area contributed by atoms with Gasteiger partial charge in [-0.1, -0.05) is 6.92 Å². The normalized spacial score (nSPS) is 19.8. The molecule has 0 spiro atoms. The number of hydrogen-bond acceptors (Lipinski definition) is 3. The van der Waals surface area contributed by atoms with Crippen molar-refractivity contribution in [3.63, 3.8) is 0 Å². The van der Waals surface area contributed by atoms with Gasteiger partial charge in [-0.05, 0) is 25.8 Å². The van der Waals surface area contributed by atoms with Gasteiger partial charge in [0.25, 0.3) is 0 Å². The summed E-state index contributed by atoms with van der Waals surface area (Å²) in [5.74, 6) is 0.286. The van der Waals surface area contributed by atoms with Crippen molar-refractivity contribution >= 4 is 5.91 Å². The Balaban J connectivity index is 1.88. The molecule has 2 N–H and O–H groups in total. The summed E-state index contributed by atoms with van der Waals surface area (Å²) in [6.45, 7) is 4.51. The average Bonchev–Trinajstić information content (AvgIpc) is 2.77. The first-order valence-electron chi connectivity index (χ1n) is 6.70. The van der Waals surface area contributed by atoms with Crippen LogP contribution in [0.4, 0.5) is 0 Å². The van der Waals surface area contributed by atoms with Crippen molar-refractivity contribution in [2.24, 2.45) is 13.0 Å². The second-order valence-corrected chi connectivity index (χ2v) is 4.89. The molecule has 0 unspecified atom stereocenters. The third-order valence-electron chi connectivity index (χ3n) is 3.45. The van der Waals surface area contributed by atoms with E-state index >= 15 is 0 Å². The van der Waals surface area contributed by atoms with Crippen LogP contribution in [-0.4, -0.2) is 28.8 Å². The molecule has 1 aliphatic heterocycles. The van der Waals surface area contributed by atoms with Gasteiger partial charge in [-0.2, -0.15) is 5.10 Å². The third kappa shape index (κ3) is 3.10. The van der Waals surface area contributed by atoms with E-state index in [0.29, 0.717) is 6.54 Å². The van der Waals surface area contributed by atoms with Crippen LogP contribution >= 0.6 is 0 Å². The van der Waals surface area contributed by atoms with Gasteiger partial charge >= 0.3 is 0 Å². The Morgan fingerprint density at radius 3 is 3.17 bits per heavy atom. The zero-order valence-electron chi connectivity index (χ0n) is 11.2. The molecule has 0 bridgehead atoms. The molecule has 1 atom stereocenters. The first kappa shape index (κ1) is 13.1. The zero-order valence-corrected chi connectivity index (χ0v) is 11.2. The molecule has 1 amide bonds. The highest BCUT2D eigenvalue weighted by molar-refractivity contribution is 5.78. The summed E-state index contributed by atoms with van der Waals surface area (Å²) >= 11 is 0. The van der Waals surface area contributed by atoms with Gasteiger partial charge in [-0.25, -0.2) is 0 Å². The minimum Gasteiger partial charge on any atom is -0.352 e. The van der Waals surface area contributed by atoms with Crippen molar-refractivity contribution < 1.29 is 4.79 Å². The number of carbonyl (C=O) groups excluding carboxylic acids is 1. The first-order valence-corrected chi connectivity index (χ1v) is 6.70. The Morgan fingerprint density at radius 2 is 2.50 bits per heavy atom. The van der Waals surface area contributed by atoms with E-state index in [1.807, 2.05) is 17.9 Å². The fraction of sp³-hybridized carbons (Fsp3) is 0.692. The number of amides is 1. The number of aromatic nitrogens is 2. The molecule has 5 heteroatoms. The Hall–Kier alpha value is -1.36. The van der Waals surface area contributed by atoms with Gasteiger partial charge in [-0.3, -0.25) is 9.48 Å². The van der Waals surface area contributed by atoms with Crippen molar-refractivity contribution in [1.29, 1.82) is 0 Å². The summed E-state index contributed by atoms with van der Waals surface area (Å²) in [6, 6.07) is 0. The summed E-state index contributed by atoms with van der Waals surface area (Å²) in [6.07, 6.45) is 4.97. The second kappa shape index (κ2) is 6.00. The van der Waals surface area contributed by atoms with Gasteiger partial charge in [-0.15, -0.1) is 0 Å². The van der Waals surface area contributed by atoms with Crippen molar-refractivity contribution in [1.82, 2.24) is 20.4 Å². The molecular formula is C13H22N4O. The SMILES string of the molecule is CCc1nn(C)cc1CNC(=O)[C@@H]1CCCNC1. The predicted octanol–water partition coefficient (Wildman–Crippen LogP) is 0.598. The number of nitrogens with one attached hydrogen (secondary N) is 2. The van der Waals surface area contributed by atoms with Gasteiger partial charge in [0, 0.05) is 31.9 Å². The highest BCUT2D eigenvalue weighted by Crippen LogP contribution is 2.11. The molecule has 100 valence electrons.